The van der Waals surface area contributed by atoms with Crippen molar-refractivity contribution in [3.63, 3.8) is 0 Å². The Morgan fingerprint density at radius 1 is 1.16 bits per heavy atom. The lowest BCUT2D eigenvalue weighted by molar-refractivity contribution is -0.114. The van der Waals surface area contributed by atoms with Gasteiger partial charge in [0, 0.05) is 16.8 Å². The summed E-state index contributed by atoms with van der Waals surface area (Å²) in [5, 5.41) is 17.3. The van der Waals surface area contributed by atoms with Gasteiger partial charge in [0.05, 0.1) is 11.3 Å². The molecule has 8 heteroatoms. The number of nitrogens with one attached hydrogen (secondary N) is 1. The van der Waals surface area contributed by atoms with E-state index in [1.54, 1.807) is 17.8 Å². The van der Waals surface area contributed by atoms with Crippen LogP contribution in [0.4, 0.5) is 0 Å². The summed E-state index contributed by atoms with van der Waals surface area (Å²) >= 11 is 2.92. The molecule has 1 N–H and O–H groups in total. The number of carbonyl (C=O) groups is 1. The number of aromatic nitrogens is 1. The zero-order valence-corrected chi connectivity index (χ0v) is 19.5. The van der Waals surface area contributed by atoms with Crippen molar-refractivity contribution in [2.45, 2.75) is 20.8 Å². The molecule has 3 heterocycles. The Labute approximate surface area is 194 Å². The van der Waals surface area contributed by atoms with Crippen molar-refractivity contribution in [3.8, 4) is 5.69 Å². The van der Waals surface area contributed by atoms with Gasteiger partial charge in [-0.3, -0.25) is 10.2 Å². The molecule has 0 aliphatic carbocycles. The number of aliphatic imine (C=N–C) groups is 1. The van der Waals surface area contributed by atoms with Crippen LogP contribution in [0.3, 0.4) is 0 Å². The Bertz CT molecular complexity index is 1380. The third-order valence-corrected chi connectivity index (χ3v) is 7.41. The lowest BCUT2D eigenvalue weighted by atomic mass is 10.1. The quantitative estimate of drug-likeness (QED) is 0.519. The number of benzene rings is 2. The smallest absolute Gasteiger partial charge is 0.283 e. The van der Waals surface area contributed by atoms with E-state index in [0.717, 1.165) is 38.2 Å². The zero-order valence-electron chi connectivity index (χ0n) is 17.9. The highest BCUT2D eigenvalue weighted by atomic mass is 32.2. The molecule has 2 aliphatic rings. The number of rotatable bonds is 3. The highest BCUT2D eigenvalue weighted by molar-refractivity contribution is 8.45. The Kier molecular flexibility index (Phi) is 5.27. The second-order valence-electron chi connectivity index (χ2n) is 7.48. The van der Waals surface area contributed by atoms with Crippen LogP contribution in [0.1, 0.15) is 23.9 Å². The maximum absolute atomic E-state index is 12.8. The number of hydrazone groups is 1. The van der Waals surface area contributed by atoms with Crippen LogP contribution in [0.15, 0.2) is 64.2 Å². The van der Waals surface area contributed by atoms with Gasteiger partial charge in [-0.25, -0.2) is 0 Å². The average molecular weight is 460 g/mol. The van der Waals surface area contributed by atoms with E-state index in [4.69, 9.17) is 5.41 Å². The molecule has 0 saturated heterocycles. The van der Waals surface area contributed by atoms with Crippen LogP contribution in [0, 0.1) is 19.3 Å². The molecule has 3 aromatic rings. The second-order valence-corrected chi connectivity index (χ2v) is 9.95. The molecule has 0 unspecified atom stereocenters. The van der Waals surface area contributed by atoms with E-state index in [1.165, 1.54) is 22.2 Å². The molecule has 1 amide bonds. The van der Waals surface area contributed by atoms with Crippen LogP contribution >= 0.6 is 23.5 Å². The minimum Gasteiger partial charge on any atom is -0.317 e. The molecule has 0 radical (unpaired) electrons. The number of aryl methyl sites for hydroxylation is 1. The summed E-state index contributed by atoms with van der Waals surface area (Å²) in [5.41, 5.74) is 4.29. The van der Waals surface area contributed by atoms with Gasteiger partial charge in [0.2, 0.25) is 5.17 Å². The minimum absolute atomic E-state index is 0.0640. The van der Waals surface area contributed by atoms with Gasteiger partial charge in [0.15, 0.2) is 10.2 Å². The minimum atomic E-state index is -0.401. The molecule has 2 aliphatic heterocycles. The monoisotopic (exact) mass is 459 g/mol. The molecule has 0 fully saturated rings. The highest BCUT2D eigenvalue weighted by Gasteiger charge is 2.35. The molecule has 0 saturated carbocycles. The first-order chi connectivity index (χ1) is 15.5. The number of hydrogen-bond acceptors (Lipinski definition) is 5. The maximum Gasteiger partial charge on any atom is 0.283 e. The highest BCUT2D eigenvalue weighted by Crippen LogP contribution is 2.33. The number of fused-ring (bicyclic) bond motifs is 2. The summed E-state index contributed by atoms with van der Waals surface area (Å²) in [5.74, 6) is 0.535. The van der Waals surface area contributed by atoms with Gasteiger partial charge in [0.25, 0.3) is 5.91 Å². The van der Waals surface area contributed by atoms with E-state index in [0.29, 0.717) is 5.17 Å². The molecule has 1 aromatic heterocycles. The van der Waals surface area contributed by atoms with Crippen molar-refractivity contribution < 1.29 is 4.79 Å². The normalized spacial score (nSPS) is 17.2. The third-order valence-electron chi connectivity index (χ3n) is 5.48. The van der Waals surface area contributed by atoms with Crippen molar-refractivity contribution in [3.05, 3.63) is 71.1 Å². The molecule has 5 rings (SSSR count). The maximum atomic E-state index is 12.8. The van der Waals surface area contributed by atoms with Crippen molar-refractivity contribution in [1.82, 2.24) is 9.58 Å². The summed E-state index contributed by atoms with van der Waals surface area (Å²) in [6, 6.07) is 16.6. The van der Waals surface area contributed by atoms with E-state index in [-0.39, 0.29) is 11.4 Å². The first-order valence-corrected chi connectivity index (χ1v) is 12.1. The van der Waals surface area contributed by atoms with E-state index in [1.807, 2.05) is 32.0 Å². The predicted molar refractivity (Wildman–Crippen MR) is 136 cm³/mol. The molecule has 0 atom stereocenters. The average Bonchev–Trinajstić information content (AvgIpc) is 3.30. The lowest BCUT2D eigenvalue weighted by Crippen LogP contribution is -2.35. The third kappa shape index (κ3) is 3.40. The number of hydrogen-bond donors (Lipinski definition) is 1. The Balaban J connectivity index is 1.58. The van der Waals surface area contributed by atoms with Gasteiger partial charge in [-0.15, -0.1) is 5.10 Å². The Morgan fingerprint density at radius 3 is 2.75 bits per heavy atom. The van der Waals surface area contributed by atoms with Crippen LogP contribution < -0.4 is 0 Å². The van der Waals surface area contributed by atoms with Gasteiger partial charge < -0.3 is 4.57 Å². The Hall–Kier alpha value is -3.10. The molecular formula is C24H21N5OS2. The van der Waals surface area contributed by atoms with E-state index < -0.39 is 5.91 Å². The summed E-state index contributed by atoms with van der Waals surface area (Å²) < 4.78 is 3.00. The van der Waals surface area contributed by atoms with E-state index >= 15 is 0 Å². The largest absolute Gasteiger partial charge is 0.317 e. The van der Waals surface area contributed by atoms with Crippen LogP contribution in [-0.4, -0.2) is 36.6 Å². The fourth-order valence-electron chi connectivity index (χ4n) is 4.02. The molecule has 32 heavy (non-hydrogen) atoms. The van der Waals surface area contributed by atoms with Gasteiger partial charge in [0.1, 0.15) is 0 Å². The van der Waals surface area contributed by atoms with Crippen LogP contribution in [0.25, 0.3) is 22.5 Å². The van der Waals surface area contributed by atoms with Crippen LogP contribution in [0.5, 0.6) is 0 Å². The number of nitrogens with zero attached hydrogens (tertiary/aromatic N) is 4. The zero-order chi connectivity index (χ0) is 22.4. The first kappa shape index (κ1) is 20.8. The SMILES string of the molecule is CCSC1=NN2C(=N)/C(=C/c3cc(C)n(-c4cccc5ccccc45)c3C)C(=O)N=C2S1. The van der Waals surface area contributed by atoms with Gasteiger partial charge in [-0.05, 0) is 60.5 Å². The number of amides is 1. The first-order valence-electron chi connectivity index (χ1n) is 10.3. The van der Waals surface area contributed by atoms with Gasteiger partial charge in [-0.2, -0.15) is 10.0 Å². The van der Waals surface area contributed by atoms with Crippen molar-refractivity contribution in [2.24, 2.45) is 10.1 Å². The standard InChI is InChI=1S/C24H21N5OS2/c1-4-31-24-27-29-21(25)19(22(30)26-23(29)32-24)13-17-12-14(2)28(15(17)3)20-11-7-9-16-8-5-6-10-18(16)20/h5-13,25H,4H2,1-3H3/b19-13-,25-21?. The molecule has 160 valence electrons. The topological polar surface area (TPSA) is 73.8 Å². The summed E-state index contributed by atoms with van der Waals surface area (Å²) in [6.45, 7) is 6.13. The van der Waals surface area contributed by atoms with Crippen molar-refractivity contribution in [1.29, 1.82) is 5.41 Å². The molecule has 6 nitrogen and oxygen atoms in total. The van der Waals surface area contributed by atoms with Crippen molar-refractivity contribution in [2.75, 3.05) is 5.75 Å². The molecule has 2 aromatic carbocycles. The van der Waals surface area contributed by atoms with Gasteiger partial charge in [-0.1, -0.05) is 55.1 Å². The fourth-order valence-corrected chi connectivity index (χ4v) is 5.84. The predicted octanol–water partition coefficient (Wildman–Crippen LogP) is 5.58. The lowest BCUT2D eigenvalue weighted by Gasteiger charge is -2.20. The number of amidine groups is 2. The summed E-state index contributed by atoms with van der Waals surface area (Å²) in [6.07, 6.45) is 1.76. The van der Waals surface area contributed by atoms with E-state index in [9.17, 15) is 4.79 Å². The van der Waals surface area contributed by atoms with Gasteiger partial charge >= 0.3 is 0 Å². The van der Waals surface area contributed by atoms with Crippen LogP contribution in [-0.2, 0) is 4.79 Å². The summed E-state index contributed by atoms with van der Waals surface area (Å²) in [4.78, 5) is 16.9. The molecular weight excluding hydrogens is 438 g/mol. The molecule has 0 bridgehead atoms. The van der Waals surface area contributed by atoms with Crippen LogP contribution in [0.2, 0.25) is 0 Å². The van der Waals surface area contributed by atoms with E-state index in [2.05, 4.69) is 51.9 Å². The Morgan fingerprint density at radius 2 is 1.94 bits per heavy atom. The second kappa shape index (κ2) is 8.11. The summed E-state index contributed by atoms with van der Waals surface area (Å²) in [7, 11) is 0. The van der Waals surface area contributed by atoms with Crippen molar-refractivity contribution >= 4 is 61.7 Å². The number of thioether (sulfide) groups is 2. The molecule has 0 spiro atoms. The fraction of sp³-hybridized carbons (Fsp3) is 0.167. The number of carbonyl (C=O) groups excluding carboxylic acids is 1.